The number of carbonyl (C=O) groups excluding carboxylic acids is 1. The van der Waals surface area contributed by atoms with E-state index in [9.17, 15) is 4.79 Å². The minimum atomic E-state index is -0.152. The highest BCUT2D eigenvalue weighted by molar-refractivity contribution is 5.71. The molecule has 0 fully saturated rings. The first kappa shape index (κ1) is 13.4. The molecule has 14 heavy (non-hydrogen) atoms. The highest BCUT2D eigenvalue weighted by Gasteiger charge is 2.21. The Morgan fingerprint density at radius 3 is 2.43 bits per heavy atom. The lowest BCUT2D eigenvalue weighted by molar-refractivity contribution is -0.148. The number of esters is 1. The number of methoxy groups -OCH3 is 1. The predicted molar refractivity (Wildman–Crippen MR) is 56.1 cm³/mol. The molecule has 0 aromatic heterocycles. The smallest absolute Gasteiger partial charge is 0.308 e. The van der Waals surface area contributed by atoms with E-state index < -0.39 is 0 Å². The van der Waals surface area contributed by atoms with Crippen LogP contribution in [0.2, 0.25) is 0 Å². The summed E-state index contributed by atoms with van der Waals surface area (Å²) in [5.74, 6) is -0.149. The minimum absolute atomic E-state index is 0.0376. The van der Waals surface area contributed by atoms with Crippen LogP contribution in [0.1, 0.15) is 40.5 Å². The number of carbonyl (C=O) groups is 1. The quantitative estimate of drug-likeness (QED) is 0.620. The third kappa shape index (κ3) is 5.22. The fourth-order valence-corrected chi connectivity index (χ4v) is 1.07. The minimum Gasteiger partial charge on any atom is -0.466 e. The van der Waals surface area contributed by atoms with Gasteiger partial charge in [-0.2, -0.15) is 0 Å². The van der Waals surface area contributed by atoms with Gasteiger partial charge in [-0.1, -0.05) is 6.92 Å². The molecular formula is C11H22O3. The number of ether oxygens (including phenoxy) is 2. The lowest BCUT2D eigenvalue weighted by Gasteiger charge is -2.23. The first-order valence-corrected chi connectivity index (χ1v) is 5.14. The average Bonchev–Trinajstić information content (AvgIpc) is 2.15. The molecule has 0 aliphatic rings. The summed E-state index contributed by atoms with van der Waals surface area (Å²) in [6.07, 6.45) is 1.67. The molecule has 0 heterocycles. The van der Waals surface area contributed by atoms with Crippen molar-refractivity contribution in [1.82, 2.24) is 0 Å². The predicted octanol–water partition coefficient (Wildman–Crippen LogP) is 2.39. The van der Waals surface area contributed by atoms with Crippen molar-refractivity contribution in [2.24, 2.45) is 5.92 Å². The molecule has 0 rings (SSSR count). The second-order valence-corrected chi connectivity index (χ2v) is 4.16. The van der Waals surface area contributed by atoms with Gasteiger partial charge in [0.05, 0.1) is 18.1 Å². The molecule has 84 valence electrons. The Balaban J connectivity index is 3.84. The SMILES string of the molecule is CCOC(=O)C(C)CCC(C)(C)OC. The summed E-state index contributed by atoms with van der Waals surface area (Å²) in [6, 6.07) is 0. The average molecular weight is 202 g/mol. The van der Waals surface area contributed by atoms with E-state index in [4.69, 9.17) is 9.47 Å². The van der Waals surface area contributed by atoms with Crippen LogP contribution in [-0.2, 0) is 14.3 Å². The summed E-state index contributed by atoms with van der Waals surface area (Å²) in [7, 11) is 1.69. The van der Waals surface area contributed by atoms with E-state index in [0.29, 0.717) is 6.61 Å². The van der Waals surface area contributed by atoms with E-state index in [1.54, 1.807) is 7.11 Å². The van der Waals surface area contributed by atoms with E-state index in [0.717, 1.165) is 12.8 Å². The maximum absolute atomic E-state index is 11.3. The zero-order valence-electron chi connectivity index (χ0n) is 9.92. The Bertz CT molecular complexity index is 175. The van der Waals surface area contributed by atoms with Gasteiger partial charge in [0.25, 0.3) is 0 Å². The van der Waals surface area contributed by atoms with Crippen molar-refractivity contribution in [2.75, 3.05) is 13.7 Å². The number of hydrogen-bond acceptors (Lipinski definition) is 3. The van der Waals surface area contributed by atoms with Crippen LogP contribution >= 0.6 is 0 Å². The fourth-order valence-electron chi connectivity index (χ4n) is 1.07. The third-order valence-corrected chi connectivity index (χ3v) is 2.42. The van der Waals surface area contributed by atoms with Crippen molar-refractivity contribution >= 4 is 5.97 Å². The van der Waals surface area contributed by atoms with Crippen LogP contribution in [0.3, 0.4) is 0 Å². The monoisotopic (exact) mass is 202 g/mol. The molecule has 0 N–H and O–H groups in total. The lowest BCUT2D eigenvalue weighted by Crippen LogP contribution is -2.25. The topological polar surface area (TPSA) is 35.5 Å². The second-order valence-electron chi connectivity index (χ2n) is 4.16. The van der Waals surface area contributed by atoms with Crippen LogP contribution < -0.4 is 0 Å². The normalized spacial score (nSPS) is 13.8. The van der Waals surface area contributed by atoms with E-state index in [-0.39, 0.29) is 17.5 Å². The molecule has 0 aliphatic carbocycles. The summed E-state index contributed by atoms with van der Waals surface area (Å²) >= 11 is 0. The van der Waals surface area contributed by atoms with Crippen LogP contribution in [0.4, 0.5) is 0 Å². The highest BCUT2D eigenvalue weighted by atomic mass is 16.5. The van der Waals surface area contributed by atoms with Crippen LogP contribution in [0.15, 0.2) is 0 Å². The van der Waals surface area contributed by atoms with Crippen molar-refractivity contribution in [1.29, 1.82) is 0 Å². The van der Waals surface area contributed by atoms with Gasteiger partial charge in [0.2, 0.25) is 0 Å². The summed E-state index contributed by atoms with van der Waals surface area (Å²) in [4.78, 5) is 11.3. The van der Waals surface area contributed by atoms with Crippen molar-refractivity contribution in [3.8, 4) is 0 Å². The number of rotatable bonds is 6. The Morgan fingerprint density at radius 1 is 1.43 bits per heavy atom. The van der Waals surface area contributed by atoms with Crippen molar-refractivity contribution < 1.29 is 14.3 Å². The summed E-state index contributed by atoms with van der Waals surface area (Å²) in [6.45, 7) is 8.21. The van der Waals surface area contributed by atoms with Gasteiger partial charge < -0.3 is 9.47 Å². The molecule has 0 aromatic rings. The second kappa shape index (κ2) is 6.02. The maximum Gasteiger partial charge on any atom is 0.308 e. The van der Waals surface area contributed by atoms with Gasteiger partial charge in [0, 0.05) is 7.11 Å². The summed E-state index contributed by atoms with van der Waals surface area (Å²) in [5.41, 5.74) is -0.152. The van der Waals surface area contributed by atoms with E-state index in [2.05, 4.69) is 0 Å². The molecule has 3 heteroatoms. The van der Waals surface area contributed by atoms with Gasteiger partial charge >= 0.3 is 5.97 Å². The maximum atomic E-state index is 11.3. The van der Waals surface area contributed by atoms with Crippen molar-refractivity contribution in [2.45, 2.75) is 46.1 Å². The summed E-state index contributed by atoms with van der Waals surface area (Å²) < 4.78 is 10.2. The molecule has 0 radical (unpaired) electrons. The van der Waals surface area contributed by atoms with Crippen molar-refractivity contribution in [3.05, 3.63) is 0 Å². The standard InChI is InChI=1S/C11H22O3/c1-6-14-10(12)9(2)7-8-11(3,4)13-5/h9H,6-8H2,1-5H3. The van der Waals surface area contributed by atoms with Gasteiger partial charge in [0.1, 0.15) is 0 Å². The molecule has 0 saturated carbocycles. The first-order chi connectivity index (χ1) is 6.43. The van der Waals surface area contributed by atoms with Gasteiger partial charge in [-0.3, -0.25) is 4.79 Å². The van der Waals surface area contributed by atoms with Crippen LogP contribution in [0.5, 0.6) is 0 Å². The Kier molecular flexibility index (Phi) is 5.77. The molecular weight excluding hydrogens is 180 g/mol. The first-order valence-electron chi connectivity index (χ1n) is 5.14. The molecule has 0 aliphatic heterocycles. The largest absolute Gasteiger partial charge is 0.466 e. The molecule has 1 atom stereocenters. The zero-order chi connectivity index (χ0) is 11.2. The lowest BCUT2D eigenvalue weighted by atomic mass is 9.96. The Morgan fingerprint density at radius 2 is 2.00 bits per heavy atom. The molecule has 3 nitrogen and oxygen atoms in total. The van der Waals surface area contributed by atoms with Gasteiger partial charge in [-0.25, -0.2) is 0 Å². The zero-order valence-corrected chi connectivity index (χ0v) is 9.92. The molecule has 0 amide bonds. The van der Waals surface area contributed by atoms with Crippen molar-refractivity contribution in [3.63, 3.8) is 0 Å². The van der Waals surface area contributed by atoms with Crippen LogP contribution in [-0.4, -0.2) is 25.3 Å². The Labute approximate surface area is 86.8 Å². The van der Waals surface area contributed by atoms with Gasteiger partial charge in [-0.15, -0.1) is 0 Å². The summed E-state index contributed by atoms with van der Waals surface area (Å²) in [5, 5.41) is 0. The molecule has 1 unspecified atom stereocenters. The highest BCUT2D eigenvalue weighted by Crippen LogP contribution is 2.19. The molecule has 0 saturated heterocycles. The van der Waals surface area contributed by atoms with E-state index in [1.807, 2.05) is 27.7 Å². The van der Waals surface area contributed by atoms with Gasteiger partial charge in [0.15, 0.2) is 0 Å². The van der Waals surface area contributed by atoms with E-state index >= 15 is 0 Å². The third-order valence-electron chi connectivity index (χ3n) is 2.42. The van der Waals surface area contributed by atoms with Crippen LogP contribution in [0.25, 0.3) is 0 Å². The molecule has 0 bridgehead atoms. The fraction of sp³-hybridized carbons (Fsp3) is 0.909. The van der Waals surface area contributed by atoms with E-state index in [1.165, 1.54) is 0 Å². The van der Waals surface area contributed by atoms with Gasteiger partial charge in [-0.05, 0) is 33.6 Å². The number of hydrogen-bond donors (Lipinski definition) is 0. The van der Waals surface area contributed by atoms with Crippen LogP contribution in [0, 0.1) is 5.92 Å². The molecule has 0 aromatic carbocycles. The molecule has 0 spiro atoms. The Hall–Kier alpha value is -0.570.